The summed E-state index contributed by atoms with van der Waals surface area (Å²) in [6, 6.07) is 14.1. The molecule has 0 amide bonds. The maximum Gasteiger partial charge on any atom is 0.165 e. The fourth-order valence-corrected chi connectivity index (χ4v) is 1.76. The van der Waals surface area contributed by atoms with Crippen LogP contribution in [0.2, 0.25) is 0 Å². The van der Waals surface area contributed by atoms with E-state index < -0.39 is 0 Å². The number of nitrogens with one attached hydrogen (secondary N) is 1. The lowest BCUT2D eigenvalue weighted by Gasteiger charge is -2.21. The largest absolute Gasteiger partial charge is 0.454 e. The Kier molecular flexibility index (Phi) is 4.40. The highest BCUT2D eigenvalue weighted by atomic mass is 19.1. The Balaban J connectivity index is 2.18. The van der Waals surface area contributed by atoms with Gasteiger partial charge in [-0.2, -0.15) is 0 Å². The second-order valence-electron chi connectivity index (χ2n) is 5.74. The van der Waals surface area contributed by atoms with Gasteiger partial charge in [0.2, 0.25) is 0 Å². The number of hydrogen-bond donors (Lipinski definition) is 1. The molecule has 0 aliphatic heterocycles. The van der Waals surface area contributed by atoms with Gasteiger partial charge >= 0.3 is 0 Å². The Labute approximate surface area is 119 Å². The summed E-state index contributed by atoms with van der Waals surface area (Å²) in [5.74, 6) is 0.566. The first kappa shape index (κ1) is 14.5. The summed E-state index contributed by atoms with van der Waals surface area (Å²) in [5.41, 5.74) is 1.02. The van der Waals surface area contributed by atoms with E-state index in [0.29, 0.717) is 12.3 Å². The summed E-state index contributed by atoms with van der Waals surface area (Å²) >= 11 is 0. The van der Waals surface area contributed by atoms with Gasteiger partial charge < -0.3 is 10.1 Å². The normalized spacial score (nSPS) is 11.4. The molecule has 0 bridgehead atoms. The van der Waals surface area contributed by atoms with Crippen molar-refractivity contribution in [2.45, 2.75) is 32.9 Å². The van der Waals surface area contributed by atoms with Gasteiger partial charge in [0, 0.05) is 17.6 Å². The zero-order valence-corrected chi connectivity index (χ0v) is 12.1. The van der Waals surface area contributed by atoms with Gasteiger partial charge in [0.1, 0.15) is 5.75 Å². The molecule has 0 saturated carbocycles. The van der Waals surface area contributed by atoms with Gasteiger partial charge in [-0.25, -0.2) is 4.39 Å². The lowest BCUT2D eigenvalue weighted by Crippen LogP contribution is -2.35. The fraction of sp³-hybridized carbons (Fsp3) is 0.294. The van der Waals surface area contributed by atoms with Crippen molar-refractivity contribution in [3.63, 3.8) is 0 Å². The summed E-state index contributed by atoms with van der Waals surface area (Å²) in [7, 11) is 0. The van der Waals surface area contributed by atoms with Crippen molar-refractivity contribution < 1.29 is 9.13 Å². The van der Waals surface area contributed by atoms with E-state index in [1.807, 2.05) is 24.3 Å². The van der Waals surface area contributed by atoms with E-state index >= 15 is 0 Å². The third-order valence-electron chi connectivity index (χ3n) is 2.84. The van der Waals surface area contributed by atoms with Gasteiger partial charge in [0.15, 0.2) is 11.6 Å². The van der Waals surface area contributed by atoms with Crippen LogP contribution in [-0.4, -0.2) is 5.54 Å². The Morgan fingerprint density at radius 1 is 0.950 bits per heavy atom. The van der Waals surface area contributed by atoms with Crippen LogP contribution in [0.25, 0.3) is 0 Å². The molecule has 2 aromatic carbocycles. The Bertz CT molecular complexity index is 575. The zero-order valence-electron chi connectivity index (χ0n) is 12.1. The van der Waals surface area contributed by atoms with Crippen molar-refractivity contribution in [2.24, 2.45) is 0 Å². The molecule has 0 atom stereocenters. The summed E-state index contributed by atoms with van der Waals surface area (Å²) in [4.78, 5) is 0. The van der Waals surface area contributed by atoms with E-state index in [2.05, 4.69) is 26.1 Å². The molecule has 0 aliphatic carbocycles. The molecule has 20 heavy (non-hydrogen) atoms. The highest BCUT2D eigenvalue weighted by Gasteiger charge is 2.12. The molecule has 0 aromatic heterocycles. The molecule has 0 heterocycles. The maximum absolute atomic E-state index is 13.6. The highest BCUT2D eigenvalue weighted by Crippen LogP contribution is 2.27. The molecule has 2 nitrogen and oxygen atoms in total. The number of benzene rings is 2. The third kappa shape index (κ3) is 4.07. The van der Waals surface area contributed by atoms with E-state index in [1.54, 1.807) is 18.2 Å². The van der Waals surface area contributed by atoms with Crippen molar-refractivity contribution >= 4 is 0 Å². The first-order chi connectivity index (χ1) is 9.46. The molecule has 1 N–H and O–H groups in total. The summed E-state index contributed by atoms with van der Waals surface area (Å²) in [6.45, 7) is 6.99. The van der Waals surface area contributed by atoms with E-state index in [4.69, 9.17) is 4.74 Å². The molecule has 0 radical (unpaired) electrons. The third-order valence-corrected chi connectivity index (χ3v) is 2.84. The SMILES string of the molecule is CC(C)(C)NCc1ccccc1Oc1ccccc1F. The number of para-hydroxylation sites is 2. The topological polar surface area (TPSA) is 21.3 Å². The highest BCUT2D eigenvalue weighted by molar-refractivity contribution is 5.38. The van der Waals surface area contributed by atoms with Crippen molar-refractivity contribution in [1.29, 1.82) is 0 Å². The van der Waals surface area contributed by atoms with Crippen molar-refractivity contribution in [3.05, 3.63) is 59.9 Å². The van der Waals surface area contributed by atoms with Crippen LogP contribution in [0.3, 0.4) is 0 Å². The number of halogens is 1. The molecule has 2 aromatic rings. The quantitative estimate of drug-likeness (QED) is 0.885. The van der Waals surface area contributed by atoms with Gasteiger partial charge in [0.05, 0.1) is 0 Å². The second kappa shape index (κ2) is 6.06. The fourth-order valence-electron chi connectivity index (χ4n) is 1.76. The maximum atomic E-state index is 13.6. The molecule has 106 valence electrons. The number of rotatable bonds is 4. The smallest absolute Gasteiger partial charge is 0.165 e. The van der Waals surface area contributed by atoms with Gasteiger partial charge in [-0.1, -0.05) is 30.3 Å². The van der Waals surface area contributed by atoms with Crippen LogP contribution in [0.15, 0.2) is 48.5 Å². The van der Waals surface area contributed by atoms with E-state index in [9.17, 15) is 4.39 Å². The van der Waals surface area contributed by atoms with E-state index in [-0.39, 0.29) is 17.1 Å². The van der Waals surface area contributed by atoms with Crippen LogP contribution in [0.1, 0.15) is 26.3 Å². The first-order valence-electron chi connectivity index (χ1n) is 6.71. The summed E-state index contributed by atoms with van der Waals surface area (Å²) in [6.07, 6.45) is 0. The van der Waals surface area contributed by atoms with Crippen LogP contribution in [0, 0.1) is 5.82 Å². The first-order valence-corrected chi connectivity index (χ1v) is 6.71. The molecule has 2 rings (SSSR count). The number of hydrogen-bond acceptors (Lipinski definition) is 2. The lowest BCUT2D eigenvalue weighted by atomic mass is 10.1. The average molecular weight is 273 g/mol. The molecule has 0 spiro atoms. The summed E-state index contributed by atoms with van der Waals surface area (Å²) in [5, 5.41) is 3.41. The van der Waals surface area contributed by atoms with Crippen LogP contribution >= 0.6 is 0 Å². The molecule has 0 aliphatic rings. The van der Waals surface area contributed by atoms with E-state index in [1.165, 1.54) is 6.07 Å². The molecule has 3 heteroatoms. The van der Waals surface area contributed by atoms with Gasteiger partial charge in [0.25, 0.3) is 0 Å². The summed E-state index contributed by atoms with van der Waals surface area (Å²) < 4.78 is 19.3. The Morgan fingerprint density at radius 2 is 1.55 bits per heavy atom. The monoisotopic (exact) mass is 273 g/mol. The van der Waals surface area contributed by atoms with Gasteiger partial charge in [-0.05, 0) is 39.0 Å². The molecule has 0 saturated heterocycles. The van der Waals surface area contributed by atoms with Crippen LogP contribution in [0.4, 0.5) is 4.39 Å². The van der Waals surface area contributed by atoms with E-state index in [0.717, 1.165) is 5.56 Å². The minimum absolute atomic E-state index is 0.0190. The van der Waals surface area contributed by atoms with Crippen LogP contribution < -0.4 is 10.1 Å². The van der Waals surface area contributed by atoms with Crippen molar-refractivity contribution in [1.82, 2.24) is 5.32 Å². The number of ether oxygens (including phenoxy) is 1. The predicted octanol–water partition coefficient (Wildman–Crippen LogP) is 4.51. The average Bonchev–Trinajstić information content (AvgIpc) is 2.39. The Morgan fingerprint density at radius 3 is 2.20 bits per heavy atom. The molecular formula is C17H20FNO. The molecule has 0 fully saturated rings. The molecule has 0 unspecified atom stereocenters. The van der Waals surface area contributed by atoms with Crippen molar-refractivity contribution in [2.75, 3.05) is 0 Å². The second-order valence-corrected chi connectivity index (χ2v) is 5.74. The van der Waals surface area contributed by atoms with Crippen LogP contribution in [-0.2, 0) is 6.54 Å². The van der Waals surface area contributed by atoms with Crippen molar-refractivity contribution in [3.8, 4) is 11.5 Å². The van der Waals surface area contributed by atoms with Gasteiger partial charge in [-0.3, -0.25) is 0 Å². The minimum atomic E-state index is -0.355. The Hall–Kier alpha value is -1.87. The predicted molar refractivity (Wildman–Crippen MR) is 79.5 cm³/mol. The van der Waals surface area contributed by atoms with Crippen LogP contribution in [0.5, 0.6) is 11.5 Å². The zero-order chi connectivity index (χ0) is 14.6. The standard InChI is InChI=1S/C17H20FNO/c1-17(2,3)19-12-13-8-4-6-10-15(13)20-16-11-7-5-9-14(16)18/h4-11,19H,12H2,1-3H3. The van der Waals surface area contributed by atoms with Gasteiger partial charge in [-0.15, -0.1) is 0 Å². The molecular weight excluding hydrogens is 253 g/mol. The lowest BCUT2D eigenvalue weighted by molar-refractivity contribution is 0.407. The minimum Gasteiger partial charge on any atom is -0.454 e.